The van der Waals surface area contributed by atoms with Crippen molar-refractivity contribution >= 4 is 35.6 Å². The van der Waals surface area contributed by atoms with Gasteiger partial charge in [0.2, 0.25) is 0 Å². The number of carbonyl (C=O) groups is 4. The van der Waals surface area contributed by atoms with Crippen molar-refractivity contribution in [2.45, 2.75) is 106 Å². The lowest BCUT2D eigenvalue weighted by Crippen LogP contribution is -2.66. The van der Waals surface area contributed by atoms with Gasteiger partial charge in [0.25, 0.3) is 0 Å². The normalized spacial score (nSPS) is 28.9. The number of hydrogen-bond donors (Lipinski definition) is 0. The molecule has 0 unspecified atom stereocenters. The lowest BCUT2D eigenvalue weighted by molar-refractivity contribution is -0.355. The molecule has 314 valence electrons. The minimum atomic E-state index is -1.91. The summed E-state index contributed by atoms with van der Waals surface area (Å²) in [6.07, 6.45) is -12.9. The van der Waals surface area contributed by atoms with Gasteiger partial charge in [0, 0.05) is 36.1 Å². The first-order chi connectivity index (χ1) is 28.2. The van der Waals surface area contributed by atoms with E-state index in [0.29, 0.717) is 17.7 Å². The summed E-state index contributed by atoms with van der Waals surface area (Å²) in [5.74, 6) is -6.15. The van der Waals surface area contributed by atoms with Crippen LogP contribution in [0.5, 0.6) is 0 Å². The standard InChI is InChI=1S/C40H41F2N3O13S/c1-19-10-9-11-20(2)36(19)59-40-30(44-45-43)33(31-29(55-40)18-51-38(57-31)24-12-7-6-8-13-24)58-39-35(56-37(49)26-16-25(41)14-15-27(26)42)34(53-23(5)48)32(52-22(4)47)28(54-39)17-50-21(3)46/h6-16,28-35,38-40H,17-18H2,1-5H3/t28-,29-,30-,31+,32+,33-,34+,35-,38+,39+,40+/m1/s1. The predicted molar refractivity (Wildman–Crippen MR) is 200 cm³/mol. The maximum Gasteiger partial charge on any atom is 0.341 e. The van der Waals surface area contributed by atoms with Crippen molar-refractivity contribution in [3.05, 3.63) is 111 Å². The Hall–Kier alpha value is -5.14. The average Bonchev–Trinajstić information content (AvgIpc) is 3.19. The van der Waals surface area contributed by atoms with Gasteiger partial charge in [-0.15, -0.1) is 0 Å². The van der Waals surface area contributed by atoms with Crippen LogP contribution < -0.4 is 0 Å². The Labute approximate surface area is 341 Å². The topological polar surface area (TPSA) is 200 Å². The zero-order valence-corrected chi connectivity index (χ0v) is 33.2. The number of fused-ring (bicyclic) bond motifs is 1. The summed E-state index contributed by atoms with van der Waals surface area (Å²) in [5.41, 5.74) is 10.6. The van der Waals surface area contributed by atoms with E-state index in [1.165, 1.54) is 11.8 Å². The van der Waals surface area contributed by atoms with Gasteiger partial charge in [0.15, 0.2) is 30.9 Å². The van der Waals surface area contributed by atoms with Crippen LogP contribution in [0.25, 0.3) is 10.4 Å². The molecule has 0 bridgehead atoms. The van der Waals surface area contributed by atoms with Crippen molar-refractivity contribution < 1.29 is 70.6 Å². The number of esters is 4. The van der Waals surface area contributed by atoms with E-state index in [0.717, 1.165) is 42.9 Å². The van der Waals surface area contributed by atoms with E-state index in [1.54, 1.807) is 24.3 Å². The molecule has 0 aliphatic carbocycles. The molecule has 0 amide bonds. The second-order valence-electron chi connectivity index (χ2n) is 13.8. The third-order valence-electron chi connectivity index (χ3n) is 9.54. The molecule has 11 atom stereocenters. The minimum absolute atomic E-state index is 0.0284. The van der Waals surface area contributed by atoms with Crippen molar-refractivity contribution in [1.82, 2.24) is 0 Å². The Morgan fingerprint density at radius 3 is 2.19 bits per heavy atom. The number of nitrogens with zero attached hydrogens (tertiary/aromatic N) is 3. The van der Waals surface area contributed by atoms with Gasteiger partial charge in [-0.25, -0.2) is 13.6 Å². The molecule has 3 fully saturated rings. The first-order valence-electron chi connectivity index (χ1n) is 18.4. The Morgan fingerprint density at radius 2 is 1.53 bits per heavy atom. The average molecular weight is 842 g/mol. The molecule has 3 aromatic rings. The lowest BCUT2D eigenvalue weighted by atomic mass is 9.95. The number of halogens is 2. The van der Waals surface area contributed by atoms with Gasteiger partial charge < -0.3 is 42.6 Å². The fraction of sp³-hybridized carbons (Fsp3) is 0.450. The monoisotopic (exact) mass is 841 g/mol. The molecule has 3 aromatic carbocycles. The van der Waals surface area contributed by atoms with Crippen LogP contribution in [-0.2, 0) is 57.0 Å². The van der Waals surface area contributed by atoms with Gasteiger partial charge in [-0.05, 0) is 48.7 Å². The van der Waals surface area contributed by atoms with Crippen LogP contribution in [0.4, 0.5) is 8.78 Å². The van der Waals surface area contributed by atoms with Crippen LogP contribution in [0, 0.1) is 25.5 Å². The zero-order chi connectivity index (χ0) is 42.4. The summed E-state index contributed by atoms with van der Waals surface area (Å²) in [7, 11) is 0. The van der Waals surface area contributed by atoms with Crippen molar-refractivity contribution in [3.63, 3.8) is 0 Å². The Bertz CT molecular complexity index is 2060. The first kappa shape index (κ1) is 43.4. The summed E-state index contributed by atoms with van der Waals surface area (Å²) in [6.45, 7) is 6.38. The molecular formula is C40H41F2N3O13S. The van der Waals surface area contributed by atoms with Gasteiger partial charge in [0.05, 0.1) is 12.2 Å². The molecule has 0 N–H and O–H groups in total. The number of hydrogen-bond acceptors (Lipinski definition) is 15. The van der Waals surface area contributed by atoms with Crippen LogP contribution in [0.1, 0.15) is 54.1 Å². The summed E-state index contributed by atoms with van der Waals surface area (Å²) >= 11 is 1.26. The zero-order valence-electron chi connectivity index (χ0n) is 32.4. The molecule has 16 nitrogen and oxygen atoms in total. The van der Waals surface area contributed by atoms with Crippen LogP contribution in [0.3, 0.4) is 0 Å². The second kappa shape index (κ2) is 19.3. The molecule has 6 rings (SSSR count). The Kier molecular flexibility index (Phi) is 14.2. The van der Waals surface area contributed by atoms with Crippen molar-refractivity contribution in [2.75, 3.05) is 13.2 Å². The van der Waals surface area contributed by atoms with Crippen LogP contribution in [0.15, 0.2) is 76.7 Å². The molecule has 3 aliphatic rings. The summed E-state index contributed by atoms with van der Waals surface area (Å²) in [4.78, 5) is 54.8. The van der Waals surface area contributed by atoms with Crippen LogP contribution in [-0.4, -0.2) is 97.6 Å². The molecule has 59 heavy (non-hydrogen) atoms. The van der Waals surface area contributed by atoms with E-state index < -0.39 is 114 Å². The Morgan fingerprint density at radius 1 is 0.831 bits per heavy atom. The van der Waals surface area contributed by atoms with Gasteiger partial charge in [0.1, 0.15) is 54.1 Å². The van der Waals surface area contributed by atoms with Gasteiger partial charge >= 0.3 is 23.9 Å². The number of aryl methyl sites for hydroxylation is 2. The van der Waals surface area contributed by atoms with Crippen LogP contribution in [0.2, 0.25) is 0 Å². The van der Waals surface area contributed by atoms with E-state index in [1.807, 2.05) is 38.1 Å². The van der Waals surface area contributed by atoms with E-state index in [4.69, 9.17) is 42.6 Å². The highest BCUT2D eigenvalue weighted by Gasteiger charge is 2.57. The summed E-state index contributed by atoms with van der Waals surface area (Å²) in [5, 5.41) is 4.12. The molecule has 0 saturated carbocycles. The van der Waals surface area contributed by atoms with Crippen molar-refractivity contribution in [2.24, 2.45) is 5.11 Å². The first-order valence-corrected chi connectivity index (χ1v) is 19.3. The van der Waals surface area contributed by atoms with E-state index in [-0.39, 0.29) is 6.61 Å². The number of carbonyl (C=O) groups excluding carboxylic acids is 4. The van der Waals surface area contributed by atoms with Crippen molar-refractivity contribution in [1.29, 1.82) is 0 Å². The molecule has 3 heterocycles. The largest absolute Gasteiger partial charge is 0.463 e. The number of benzene rings is 3. The molecule has 19 heteroatoms. The molecule has 0 aromatic heterocycles. The fourth-order valence-corrected chi connectivity index (χ4v) is 8.27. The predicted octanol–water partition coefficient (Wildman–Crippen LogP) is 5.95. The molecule has 3 saturated heterocycles. The molecule has 3 aliphatic heterocycles. The number of azide groups is 1. The highest BCUT2D eigenvalue weighted by molar-refractivity contribution is 8.00. The third kappa shape index (κ3) is 10.4. The van der Waals surface area contributed by atoms with Gasteiger partial charge in [-0.2, -0.15) is 0 Å². The molecule has 0 radical (unpaired) electrons. The van der Waals surface area contributed by atoms with Crippen molar-refractivity contribution in [3.8, 4) is 0 Å². The van der Waals surface area contributed by atoms with Gasteiger partial charge in [-0.3, -0.25) is 14.4 Å². The fourth-order valence-electron chi connectivity index (χ4n) is 6.98. The Balaban J connectivity index is 1.47. The molecular weight excluding hydrogens is 801 g/mol. The molecule has 0 spiro atoms. The second-order valence-corrected chi connectivity index (χ2v) is 15.0. The lowest BCUT2D eigenvalue weighted by Gasteiger charge is -2.51. The minimum Gasteiger partial charge on any atom is -0.463 e. The number of thioether (sulfide) groups is 1. The highest BCUT2D eigenvalue weighted by Crippen LogP contribution is 2.44. The van der Waals surface area contributed by atoms with Crippen LogP contribution >= 0.6 is 11.8 Å². The summed E-state index contributed by atoms with van der Waals surface area (Å²) < 4.78 is 83.6. The quantitative estimate of drug-likeness (QED) is 0.0681. The van der Waals surface area contributed by atoms with E-state index in [2.05, 4.69) is 10.0 Å². The van der Waals surface area contributed by atoms with Gasteiger partial charge in [-0.1, -0.05) is 65.4 Å². The SMILES string of the molecule is CC(=O)OC[C@H]1O[C@@H](O[C@@H]2[C@@H](N=[N+]=[N-])[C@H](Sc3c(C)cccc3C)O[C@@H]3CO[C@H](c4ccccc4)O[C@H]23)[C@H](OC(=O)c2cc(F)ccc2F)[C@@H](OC(C)=O)[C@H]1OC(C)=O. The summed E-state index contributed by atoms with van der Waals surface area (Å²) in [6, 6.07) is 15.5. The highest BCUT2D eigenvalue weighted by atomic mass is 32.2. The van der Waals surface area contributed by atoms with E-state index in [9.17, 15) is 33.5 Å². The third-order valence-corrected chi connectivity index (χ3v) is 11.0. The van der Waals surface area contributed by atoms with E-state index >= 15 is 0 Å². The maximum absolute atomic E-state index is 15.0. The number of ether oxygens (including phenoxy) is 9. The smallest absolute Gasteiger partial charge is 0.341 e. The number of rotatable bonds is 12. The maximum atomic E-state index is 15.0.